The van der Waals surface area contributed by atoms with E-state index in [4.69, 9.17) is 4.74 Å². The van der Waals surface area contributed by atoms with Crippen LogP contribution < -0.4 is 4.74 Å². The third kappa shape index (κ3) is 2.98. The van der Waals surface area contributed by atoms with Crippen molar-refractivity contribution < 1.29 is 9.53 Å². The Morgan fingerprint density at radius 3 is 2.77 bits per heavy atom. The molecule has 22 heavy (non-hydrogen) atoms. The number of fused-ring (bicyclic) bond motifs is 1. The molecular weight excluding hydrogens is 276 g/mol. The van der Waals surface area contributed by atoms with E-state index in [0.29, 0.717) is 25.6 Å². The fraction of sp³-hybridized carbons (Fsp3) is 0.611. The highest BCUT2D eigenvalue weighted by molar-refractivity contribution is 5.81. The van der Waals surface area contributed by atoms with E-state index in [-0.39, 0.29) is 5.92 Å². The normalized spacial score (nSPS) is 22.1. The first kappa shape index (κ1) is 14.1. The summed E-state index contributed by atoms with van der Waals surface area (Å²) in [6.45, 7) is 5.46. The van der Waals surface area contributed by atoms with Gasteiger partial charge in [-0.15, -0.1) is 0 Å². The molecule has 1 amide bonds. The van der Waals surface area contributed by atoms with Crippen molar-refractivity contribution in [1.82, 2.24) is 9.80 Å². The third-order valence-electron chi connectivity index (χ3n) is 4.95. The lowest BCUT2D eigenvalue weighted by molar-refractivity contribution is -0.133. The minimum absolute atomic E-state index is 0.286. The van der Waals surface area contributed by atoms with E-state index in [1.165, 1.54) is 37.1 Å². The minimum Gasteiger partial charge on any atom is -0.491 e. The standard InChI is InChI=1S/C18H24N2O2/c21-18(15-4-5-15)20-9-10-22-17-6-3-14(11-16(17)13-20)12-19-7-1-2-8-19/h3,6,11,15H,1-2,4-5,7-10,12-13H2. The summed E-state index contributed by atoms with van der Waals surface area (Å²) in [5.41, 5.74) is 2.51. The predicted octanol–water partition coefficient (Wildman–Crippen LogP) is 2.41. The van der Waals surface area contributed by atoms with Gasteiger partial charge in [0, 0.05) is 24.6 Å². The van der Waals surface area contributed by atoms with Gasteiger partial charge in [-0.1, -0.05) is 6.07 Å². The van der Waals surface area contributed by atoms with Crippen LogP contribution in [0.2, 0.25) is 0 Å². The van der Waals surface area contributed by atoms with Gasteiger partial charge < -0.3 is 9.64 Å². The molecule has 1 aromatic rings. The second-order valence-electron chi connectivity index (χ2n) is 6.81. The highest BCUT2D eigenvalue weighted by atomic mass is 16.5. The molecule has 0 unspecified atom stereocenters. The van der Waals surface area contributed by atoms with Crippen LogP contribution in [-0.2, 0) is 17.9 Å². The van der Waals surface area contributed by atoms with Crippen LogP contribution in [0.4, 0.5) is 0 Å². The van der Waals surface area contributed by atoms with Crippen molar-refractivity contribution in [3.05, 3.63) is 29.3 Å². The number of hydrogen-bond donors (Lipinski definition) is 0. The summed E-state index contributed by atoms with van der Waals surface area (Å²) in [5, 5.41) is 0. The molecule has 1 aromatic carbocycles. The van der Waals surface area contributed by atoms with E-state index in [9.17, 15) is 4.79 Å². The first-order valence-corrected chi connectivity index (χ1v) is 8.55. The van der Waals surface area contributed by atoms with Gasteiger partial charge in [-0.25, -0.2) is 0 Å². The summed E-state index contributed by atoms with van der Waals surface area (Å²) in [6.07, 6.45) is 4.77. The summed E-state index contributed by atoms with van der Waals surface area (Å²) in [5.74, 6) is 1.56. The number of amides is 1. The molecular formula is C18H24N2O2. The maximum Gasteiger partial charge on any atom is 0.226 e. The van der Waals surface area contributed by atoms with Gasteiger partial charge in [0.05, 0.1) is 6.54 Å². The maximum absolute atomic E-state index is 12.3. The quantitative estimate of drug-likeness (QED) is 0.859. The maximum atomic E-state index is 12.3. The summed E-state index contributed by atoms with van der Waals surface area (Å²) in [4.78, 5) is 16.8. The predicted molar refractivity (Wildman–Crippen MR) is 84.6 cm³/mol. The molecule has 0 aromatic heterocycles. The van der Waals surface area contributed by atoms with Crippen LogP contribution in [0.3, 0.4) is 0 Å². The lowest BCUT2D eigenvalue weighted by Crippen LogP contribution is -2.33. The van der Waals surface area contributed by atoms with Crippen molar-refractivity contribution in [3.63, 3.8) is 0 Å². The van der Waals surface area contributed by atoms with Crippen molar-refractivity contribution >= 4 is 5.91 Å². The highest BCUT2D eigenvalue weighted by Gasteiger charge is 2.34. The fourth-order valence-electron chi connectivity index (χ4n) is 3.52. The lowest BCUT2D eigenvalue weighted by Gasteiger charge is -2.20. The summed E-state index contributed by atoms with van der Waals surface area (Å²) in [7, 11) is 0. The van der Waals surface area contributed by atoms with Crippen LogP contribution in [0.25, 0.3) is 0 Å². The van der Waals surface area contributed by atoms with Crippen molar-refractivity contribution in [3.8, 4) is 5.75 Å². The number of hydrogen-bond acceptors (Lipinski definition) is 3. The lowest BCUT2D eigenvalue weighted by atomic mass is 10.1. The summed E-state index contributed by atoms with van der Waals surface area (Å²) < 4.78 is 5.85. The molecule has 0 radical (unpaired) electrons. The molecule has 0 N–H and O–H groups in total. The van der Waals surface area contributed by atoms with Gasteiger partial charge in [-0.2, -0.15) is 0 Å². The molecule has 1 aliphatic carbocycles. The molecule has 2 heterocycles. The van der Waals surface area contributed by atoms with Gasteiger partial charge in [-0.3, -0.25) is 9.69 Å². The zero-order valence-corrected chi connectivity index (χ0v) is 13.1. The molecule has 2 fully saturated rings. The molecule has 0 spiro atoms. The topological polar surface area (TPSA) is 32.8 Å². The van der Waals surface area contributed by atoms with Crippen molar-refractivity contribution in [2.45, 2.75) is 38.8 Å². The summed E-state index contributed by atoms with van der Waals surface area (Å²) in [6, 6.07) is 6.51. The Bertz CT molecular complexity index is 562. The van der Waals surface area contributed by atoms with E-state index < -0.39 is 0 Å². The summed E-state index contributed by atoms with van der Waals surface area (Å²) >= 11 is 0. The molecule has 4 nitrogen and oxygen atoms in total. The Morgan fingerprint density at radius 1 is 1.18 bits per heavy atom. The largest absolute Gasteiger partial charge is 0.491 e. The second kappa shape index (κ2) is 5.92. The Balaban J connectivity index is 1.51. The van der Waals surface area contributed by atoms with E-state index >= 15 is 0 Å². The average molecular weight is 300 g/mol. The number of likely N-dealkylation sites (tertiary alicyclic amines) is 1. The molecule has 4 rings (SSSR count). The van der Waals surface area contributed by atoms with Crippen LogP contribution in [0.5, 0.6) is 5.75 Å². The highest BCUT2D eigenvalue weighted by Crippen LogP contribution is 2.33. The first-order chi connectivity index (χ1) is 10.8. The van der Waals surface area contributed by atoms with Crippen molar-refractivity contribution in [2.24, 2.45) is 5.92 Å². The molecule has 1 saturated heterocycles. The number of ether oxygens (including phenoxy) is 1. The van der Waals surface area contributed by atoms with Gasteiger partial charge in [0.25, 0.3) is 0 Å². The Labute approximate surface area is 132 Å². The number of rotatable bonds is 3. The van der Waals surface area contributed by atoms with Gasteiger partial charge in [0.15, 0.2) is 0 Å². The molecule has 4 heteroatoms. The van der Waals surface area contributed by atoms with Crippen LogP contribution in [0.15, 0.2) is 18.2 Å². The van der Waals surface area contributed by atoms with Gasteiger partial charge in [0.2, 0.25) is 5.91 Å². The number of benzene rings is 1. The Kier molecular flexibility index (Phi) is 3.78. The van der Waals surface area contributed by atoms with Crippen molar-refractivity contribution in [1.29, 1.82) is 0 Å². The van der Waals surface area contributed by atoms with Crippen LogP contribution >= 0.6 is 0 Å². The molecule has 1 saturated carbocycles. The molecule has 2 aliphatic heterocycles. The third-order valence-corrected chi connectivity index (χ3v) is 4.95. The first-order valence-electron chi connectivity index (χ1n) is 8.55. The zero-order chi connectivity index (χ0) is 14.9. The smallest absolute Gasteiger partial charge is 0.226 e. The van der Waals surface area contributed by atoms with E-state index in [0.717, 1.165) is 25.1 Å². The minimum atomic E-state index is 0.286. The molecule has 118 valence electrons. The average Bonchev–Trinajstić information content (AvgIpc) is 3.29. The van der Waals surface area contributed by atoms with Gasteiger partial charge in [-0.05, 0) is 56.5 Å². The number of nitrogens with zero attached hydrogens (tertiary/aromatic N) is 2. The van der Waals surface area contributed by atoms with Gasteiger partial charge in [0.1, 0.15) is 12.4 Å². The van der Waals surface area contributed by atoms with E-state index in [2.05, 4.69) is 23.1 Å². The molecule has 3 aliphatic rings. The Morgan fingerprint density at radius 2 is 2.00 bits per heavy atom. The Hall–Kier alpha value is -1.55. The molecule has 0 atom stereocenters. The molecule has 0 bridgehead atoms. The zero-order valence-electron chi connectivity index (χ0n) is 13.1. The monoisotopic (exact) mass is 300 g/mol. The SMILES string of the molecule is O=C(C1CC1)N1CCOc2ccc(CN3CCCC3)cc2C1. The van der Waals surface area contributed by atoms with E-state index in [1.54, 1.807) is 0 Å². The number of carbonyl (C=O) groups excluding carboxylic acids is 1. The van der Waals surface area contributed by atoms with Crippen molar-refractivity contribution in [2.75, 3.05) is 26.2 Å². The second-order valence-corrected chi connectivity index (χ2v) is 6.81. The van der Waals surface area contributed by atoms with Crippen LogP contribution in [0, 0.1) is 5.92 Å². The number of carbonyl (C=O) groups is 1. The van der Waals surface area contributed by atoms with E-state index in [1.807, 2.05) is 4.90 Å². The van der Waals surface area contributed by atoms with Gasteiger partial charge >= 0.3 is 0 Å². The van der Waals surface area contributed by atoms with Crippen LogP contribution in [-0.4, -0.2) is 41.9 Å². The van der Waals surface area contributed by atoms with Crippen LogP contribution in [0.1, 0.15) is 36.8 Å². The fourth-order valence-corrected chi connectivity index (χ4v) is 3.52.